The third-order valence-electron chi connectivity index (χ3n) is 4.94. The van der Waals surface area contributed by atoms with Crippen LogP contribution in [0.5, 0.6) is 5.75 Å². The molecule has 0 aliphatic carbocycles. The molecule has 0 fully saturated rings. The van der Waals surface area contributed by atoms with Crippen LogP contribution in [0.1, 0.15) is 11.3 Å². The summed E-state index contributed by atoms with van der Waals surface area (Å²) in [5.41, 5.74) is -3.67. The van der Waals surface area contributed by atoms with E-state index < -0.39 is 56.0 Å². The van der Waals surface area contributed by atoms with Crippen molar-refractivity contribution in [1.82, 2.24) is 14.6 Å². The van der Waals surface area contributed by atoms with Crippen molar-refractivity contribution >= 4 is 39.1 Å². The molecule has 0 aliphatic heterocycles. The summed E-state index contributed by atoms with van der Waals surface area (Å²) >= 11 is 5.94. The van der Waals surface area contributed by atoms with Crippen molar-refractivity contribution in [3.05, 3.63) is 71.0 Å². The van der Waals surface area contributed by atoms with Crippen LogP contribution in [0.4, 0.5) is 36.8 Å². The molecule has 0 bridgehead atoms. The maximum absolute atomic E-state index is 13.7. The first-order valence-corrected chi connectivity index (χ1v) is 11.9. The molecular formula is C21H12ClF6N5O4S. The summed E-state index contributed by atoms with van der Waals surface area (Å²) in [6.45, 7) is 0. The van der Waals surface area contributed by atoms with E-state index in [0.29, 0.717) is 22.7 Å². The number of hydrogen-bond donors (Lipinski definition) is 2. The van der Waals surface area contributed by atoms with Gasteiger partial charge in [-0.25, -0.2) is 27.9 Å². The lowest BCUT2D eigenvalue weighted by atomic mass is 10.1. The molecule has 3 N–H and O–H groups in total. The second-order valence-electron chi connectivity index (χ2n) is 7.54. The molecule has 2 aromatic carbocycles. The van der Waals surface area contributed by atoms with E-state index in [4.69, 9.17) is 21.5 Å². The minimum absolute atomic E-state index is 0.0887. The van der Waals surface area contributed by atoms with Crippen LogP contribution >= 0.6 is 11.6 Å². The minimum Gasteiger partial charge on any atom is -0.404 e. The minimum atomic E-state index is -4.98. The first-order chi connectivity index (χ1) is 17.5. The SMILES string of the molecule is NS(=O)(=O)c1ccc(Cl)c(NC(=O)Oc2cnn3c(C(F)(F)F)cc(-c4ccc(C(F)(F)F)cc4)nc23)c1. The molecule has 4 rings (SSSR count). The van der Waals surface area contributed by atoms with Crippen LogP contribution in [0.2, 0.25) is 5.02 Å². The van der Waals surface area contributed by atoms with Gasteiger partial charge in [0.05, 0.1) is 33.1 Å². The Morgan fingerprint density at radius 1 is 1.00 bits per heavy atom. The molecular weight excluding hydrogens is 568 g/mol. The highest BCUT2D eigenvalue weighted by molar-refractivity contribution is 7.89. The van der Waals surface area contributed by atoms with Crippen molar-refractivity contribution in [2.45, 2.75) is 17.2 Å². The molecule has 0 saturated heterocycles. The number of nitrogens with one attached hydrogen (secondary N) is 1. The van der Waals surface area contributed by atoms with Crippen molar-refractivity contribution in [2.24, 2.45) is 5.14 Å². The molecule has 0 aliphatic rings. The number of primary sulfonamides is 1. The fourth-order valence-electron chi connectivity index (χ4n) is 3.21. The maximum atomic E-state index is 13.7. The van der Waals surface area contributed by atoms with Gasteiger partial charge in [-0.1, -0.05) is 23.7 Å². The standard InChI is InChI=1S/C21H12ClF6N5O4S/c22-13-6-5-12(38(29,35)36)7-15(13)32-19(34)37-16-9-30-33-17(21(26,27)28)8-14(31-18(16)33)10-1-3-11(4-2-10)20(23,24)25/h1-9H,(H,32,34)(H2,29,35,36). The third-order valence-corrected chi connectivity index (χ3v) is 6.18. The smallest absolute Gasteiger partial charge is 0.404 e. The van der Waals surface area contributed by atoms with Crippen LogP contribution in [0.25, 0.3) is 16.9 Å². The van der Waals surface area contributed by atoms with E-state index in [0.717, 1.165) is 36.5 Å². The molecule has 200 valence electrons. The molecule has 0 saturated carbocycles. The van der Waals surface area contributed by atoms with Crippen LogP contribution in [0.3, 0.4) is 0 Å². The molecule has 38 heavy (non-hydrogen) atoms. The van der Waals surface area contributed by atoms with Gasteiger partial charge in [-0.05, 0) is 36.4 Å². The van der Waals surface area contributed by atoms with Crippen LogP contribution in [-0.2, 0) is 22.4 Å². The zero-order valence-corrected chi connectivity index (χ0v) is 19.9. The lowest BCUT2D eigenvalue weighted by Crippen LogP contribution is -2.18. The van der Waals surface area contributed by atoms with Gasteiger partial charge < -0.3 is 4.74 Å². The second kappa shape index (κ2) is 9.45. The summed E-state index contributed by atoms with van der Waals surface area (Å²) in [7, 11) is -4.16. The van der Waals surface area contributed by atoms with E-state index >= 15 is 0 Å². The van der Waals surface area contributed by atoms with Crippen LogP contribution in [0, 0.1) is 0 Å². The van der Waals surface area contributed by atoms with Crippen LogP contribution in [0.15, 0.2) is 59.6 Å². The number of carbonyl (C=O) groups excluding carboxylic acids is 1. The third kappa shape index (κ3) is 5.66. The Morgan fingerprint density at radius 2 is 1.66 bits per heavy atom. The highest BCUT2D eigenvalue weighted by Gasteiger charge is 2.36. The summed E-state index contributed by atoms with van der Waals surface area (Å²) in [5.74, 6) is -0.555. The van der Waals surface area contributed by atoms with E-state index in [1.165, 1.54) is 0 Å². The van der Waals surface area contributed by atoms with Crippen molar-refractivity contribution in [3.8, 4) is 17.0 Å². The van der Waals surface area contributed by atoms with Gasteiger partial charge in [0, 0.05) is 5.56 Å². The number of nitrogens with two attached hydrogens (primary N) is 1. The van der Waals surface area contributed by atoms with Crippen LogP contribution < -0.4 is 15.2 Å². The summed E-state index contributed by atoms with van der Waals surface area (Å²) in [6.07, 6.45) is -10.2. The molecule has 0 unspecified atom stereocenters. The van der Waals surface area contributed by atoms with E-state index in [9.17, 15) is 39.6 Å². The lowest BCUT2D eigenvalue weighted by Gasteiger charge is -2.12. The monoisotopic (exact) mass is 579 g/mol. The van der Waals surface area contributed by atoms with Gasteiger partial charge in [-0.15, -0.1) is 0 Å². The van der Waals surface area contributed by atoms with Gasteiger partial charge in [0.25, 0.3) is 0 Å². The first-order valence-electron chi connectivity index (χ1n) is 9.99. The molecule has 0 radical (unpaired) electrons. The molecule has 4 aromatic rings. The number of anilines is 1. The van der Waals surface area contributed by atoms with E-state index in [-0.39, 0.29) is 22.0 Å². The Bertz CT molecular complexity index is 1650. The molecule has 1 amide bonds. The zero-order valence-electron chi connectivity index (χ0n) is 18.3. The second-order valence-corrected chi connectivity index (χ2v) is 9.51. The Balaban J connectivity index is 1.72. The average molecular weight is 580 g/mol. The Hall–Kier alpha value is -3.89. The number of sulfonamides is 1. The van der Waals surface area contributed by atoms with Gasteiger partial charge in [0.15, 0.2) is 17.1 Å². The van der Waals surface area contributed by atoms with E-state index in [1.54, 1.807) is 0 Å². The molecule has 2 aromatic heterocycles. The van der Waals surface area contributed by atoms with Gasteiger partial charge >= 0.3 is 18.4 Å². The summed E-state index contributed by atoms with van der Waals surface area (Å²) < 4.78 is 108. The number of nitrogens with zero attached hydrogens (tertiary/aromatic N) is 3. The van der Waals surface area contributed by atoms with Gasteiger partial charge in [-0.3, -0.25) is 5.32 Å². The average Bonchev–Trinajstić information content (AvgIpc) is 3.20. The fourth-order valence-corrected chi connectivity index (χ4v) is 3.91. The maximum Gasteiger partial charge on any atom is 0.433 e. The highest BCUT2D eigenvalue weighted by Crippen LogP contribution is 2.35. The number of ether oxygens (including phenoxy) is 1. The van der Waals surface area contributed by atoms with Gasteiger partial charge in [0.1, 0.15) is 0 Å². The number of fused-ring (bicyclic) bond motifs is 1. The Morgan fingerprint density at radius 3 is 2.24 bits per heavy atom. The van der Waals surface area contributed by atoms with Crippen molar-refractivity contribution in [3.63, 3.8) is 0 Å². The number of alkyl halides is 6. The largest absolute Gasteiger partial charge is 0.433 e. The van der Waals surface area contributed by atoms with E-state index in [1.807, 2.05) is 0 Å². The molecule has 17 heteroatoms. The lowest BCUT2D eigenvalue weighted by molar-refractivity contribution is -0.142. The topological polar surface area (TPSA) is 129 Å². The molecule has 0 spiro atoms. The predicted molar refractivity (Wildman–Crippen MR) is 121 cm³/mol. The van der Waals surface area contributed by atoms with Crippen molar-refractivity contribution < 1.29 is 44.3 Å². The summed E-state index contributed by atoms with van der Waals surface area (Å²) in [4.78, 5) is 16.0. The number of aromatic nitrogens is 3. The quantitative estimate of drug-likeness (QED) is 0.314. The Labute approximate surface area is 213 Å². The number of carbonyl (C=O) groups is 1. The number of hydrogen-bond acceptors (Lipinski definition) is 6. The van der Waals surface area contributed by atoms with Crippen LogP contribution in [-0.4, -0.2) is 29.1 Å². The molecule has 2 heterocycles. The van der Waals surface area contributed by atoms with Gasteiger partial charge in [0.2, 0.25) is 10.0 Å². The number of benzene rings is 2. The number of halogens is 7. The normalized spacial score (nSPS) is 12.5. The van der Waals surface area contributed by atoms with Crippen molar-refractivity contribution in [1.29, 1.82) is 0 Å². The fraction of sp³-hybridized carbons (Fsp3) is 0.0952. The van der Waals surface area contributed by atoms with Gasteiger partial charge in [-0.2, -0.15) is 31.4 Å². The number of rotatable bonds is 4. The van der Waals surface area contributed by atoms with Crippen molar-refractivity contribution in [2.75, 3.05) is 5.32 Å². The molecule has 9 nitrogen and oxygen atoms in total. The van der Waals surface area contributed by atoms with E-state index in [2.05, 4.69) is 15.4 Å². The first kappa shape index (κ1) is 27.2. The molecule has 0 atom stereocenters. The summed E-state index contributed by atoms with van der Waals surface area (Å²) in [5, 5.41) is 10.6. The Kier molecular flexibility index (Phi) is 6.75. The predicted octanol–water partition coefficient (Wildman–Crippen LogP) is 5.35. The highest BCUT2D eigenvalue weighted by atomic mass is 35.5. The zero-order chi connectivity index (χ0) is 28.0. The summed E-state index contributed by atoms with van der Waals surface area (Å²) in [6, 6.07) is 6.93. The number of amides is 1.